The summed E-state index contributed by atoms with van der Waals surface area (Å²) < 4.78 is 8.88. The molecule has 4 nitrogen and oxygen atoms in total. The summed E-state index contributed by atoms with van der Waals surface area (Å²) in [7, 11) is -4.64. The average Bonchev–Trinajstić information content (AvgIpc) is 1.50. The van der Waals surface area contributed by atoms with Crippen LogP contribution in [0.3, 0.4) is 0 Å². The quantitative estimate of drug-likeness (QED) is 0.541. The monoisotopic (exact) mass is 214 g/mol. The van der Waals surface area contributed by atoms with Crippen LogP contribution >= 0.6 is 7.82 Å². The van der Waals surface area contributed by atoms with E-state index in [0.29, 0.717) is 0 Å². The lowest BCUT2D eigenvalue weighted by molar-refractivity contribution is 0.275. The summed E-state index contributed by atoms with van der Waals surface area (Å²) in [4.78, 5) is 21.6. The second-order valence-corrected chi connectivity index (χ2v) is 5.00. The number of phosphoric acid groups is 1. The Balaban J connectivity index is -0.000000117. The maximum Gasteiger partial charge on any atom is 0.466 e. The van der Waals surface area contributed by atoms with Gasteiger partial charge in [-0.05, 0) is 11.8 Å². The van der Waals surface area contributed by atoms with E-state index in [1.165, 1.54) is 0 Å². The van der Waals surface area contributed by atoms with Crippen molar-refractivity contribution in [2.45, 2.75) is 41.5 Å². The van der Waals surface area contributed by atoms with Gasteiger partial charge in [0, 0.05) is 0 Å². The number of rotatable bonds is 0. The van der Waals surface area contributed by atoms with Crippen LogP contribution in [0.15, 0.2) is 0 Å². The van der Waals surface area contributed by atoms with Gasteiger partial charge in [-0.15, -0.1) is 0 Å². The third-order valence-corrected chi connectivity index (χ3v) is 0. The third-order valence-electron chi connectivity index (χ3n) is 0. The van der Waals surface area contributed by atoms with Crippen LogP contribution in [0.25, 0.3) is 0 Å². The van der Waals surface area contributed by atoms with E-state index in [4.69, 9.17) is 19.2 Å². The van der Waals surface area contributed by atoms with Gasteiger partial charge in [0.05, 0.1) is 0 Å². The van der Waals surface area contributed by atoms with Gasteiger partial charge >= 0.3 is 7.82 Å². The summed E-state index contributed by atoms with van der Waals surface area (Å²) in [6.45, 7) is 13.0. The molecule has 0 atom stereocenters. The van der Waals surface area contributed by atoms with Gasteiger partial charge in [-0.1, -0.05) is 41.5 Å². The molecule has 0 aromatic heterocycles. The van der Waals surface area contributed by atoms with Crippen molar-refractivity contribution >= 4 is 7.82 Å². The van der Waals surface area contributed by atoms with Crippen LogP contribution in [0.1, 0.15) is 41.5 Å². The highest BCUT2D eigenvalue weighted by Crippen LogP contribution is 2.25. The van der Waals surface area contributed by atoms with Gasteiger partial charge in [-0.3, -0.25) is 0 Å². The van der Waals surface area contributed by atoms with Gasteiger partial charge in [0.2, 0.25) is 0 Å². The Hall–Kier alpha value is 0.110. The van der Waals surface area contributed by atoms with Crippen LogP contribution in [0.5, 0.6) is 0 Å². The Morgan fingerprint density at radius 2 is 0.769 bits per heavy atom. The molecule has 84 valence electrons. The SMILES string of the molecule is CC(C)C.CC(C)C.O=P(O)(O)O. The summed E-state index contributed by atoms with van der Waals surface area (Å²) in [6, 6.07) is 0. The molecule has 0 aliphatic carbocycles. The van der Waals surface area contributed by atoms with Crippen LogP contribution in [-0.4, -0.2) is 14.7 Å². The molecule has 0 unspecified atom stereocenters. The minimum Gasteiger partial charge on any atom is -0.303 e. The number of hydrogen-bond donors (Lipinski definition) is 3. The highest BCUT2D eigenvalue weighted by molar-refractivity contribution is 7.45. The molecule has 5 heteroatoms. The fourth-order valence-electron chi connectivity index (χ4n) is 0. The fourth-order valence-corrected chi connectivity index (χ4v) is 0. The van der Waals surface area contributed by atoms with Gasteiger partial charge in [0.1, 0.15) is 0 Å². The molecule has 13 heavy (non-hydrogen) atoms. The summed E-state index contributed by atoms with van der Waals surface area (Å²) >= 11 is 0. The van der Waals surface area contributed by atoms with Crippen LogP contribution in [0.2, 0.25) is 0 Å². The van der Waals surface area contributed by atoms with Crippen molar-refractivity contribution in [3.63, 3.8) is 0 Å². The first-order chi connectivity index (χ1) is 5.46. The van der Waals surface area contributed by atoms with E-state index < -0.39 is 7.82 Å². The van der Waals surface area contributed by atoms with Crippen molar-refractivity contribution in [2.75, 3.05) is 0 Å². The topological polar surface area (TPSA) is 77.8 Å². The fraction of sp³-hybridized carbons (Fsp3) is 1.00. The Morgan fingerprint density at radius 1 is 0.769 bits per heavy atom. The first-order valence-electron chi connectivity index (χ1n) is 4.25. The van der Waals surface area contributed by atoms with Gasteiger partial charge < -0.3 is 14.7 Å². The molecule has 0 heterocycles. The molecule has 0 rings (SSSR count). The zero-order valence-corrected chi connectivity index (χ0v) is 10.2. The predicted molar refractivity (Wildman–Crippen MR) is 55.3 cm³/mol. The van der Waals surface area contributed by atoms with Crippen molar-refractivity contribution in [3.05, 3.63) is 0 Å². The van der Waals surface area contributed by atoms with Crippen LogP contribution in [0, 0.1) is 11.8 Å². The highest BCUT2D eigenvalue weighted by Gasteiger charge is 2.00. The molecule has 0 amide bonds. The smallest absolute Gasteiger partial charge is 0.303 e. The summed E-state index contributed by atoms with van der Waals surface area (Å²) in [5.74, 6) is 1.67. The van der Waals surface area contributed by atoms with E-state index >= 15 is 0 Å². The largest absolute Gasteiger partial charge is 0.466 e. The standard InChI is InChI=1S/2C4H10.H3O4P/c2*1-4(2)3;1-5(2,3)4/h2*4H,1-3H3;(H3,1,2,3,4). The van der Waals surface area contributed by atoms with E-state index in [9.17, 15) is 0 Å². The normalized spacial score (nSPS) is 10.1. The van der Waals surface area contributed by atoms with E-state index in [0.717, 1.165) is 11.8 Å². The van der Waals surface area contributed by atoms with Crippen molar-refractivity contribution in [2.24, 2.45) is 11.8 Å². The summed E-state index contributed by atoms with van der Waals surface area (Å²) in [5.41, 5.74) is 0. The molecule has 0 saturated carbocycles. The van der Waals surface area contributed by atoms with Crippen LogP contribution in [-0.2, 0) is 4.57 Å². The molecular weight excluding hydrogens is 191 g/mol. The Morgan fingerprint density at radius 3 is 0.769 bits per heavy atom. The third kappa shape index (κ3) is 102000. The average molecular weight is 214 g/mol. The number of hydrogen-bond acceptors (Lipinski definition) is 1. The molecule has 0 radical (unpaired) electrons. The lowest BCUT2D eigenvalue weighted by atomic mass is 10.3. The maximum absolute atomic E-state index is 8.88. The van der Waals surface area contributed by atoms with E-state index in [1.54, 1.807) is 0 Å². The molecule has 0 bridgehead atoms. The first-order valence-corrected chi connectivity index (χ1v) is 5.81. The lowest BCUT2D eigenvalue weighted by Gasteiger charge is -1.82. The minimum absolute atomic E-state index is 0.833. The molecule has 0 spiro atoms. The van der Waals surface area contributed by atoms with Crippen molar-refractivity contribution in [1.29, 1.82) is 0 Å². The molecule has 0 fully saturated rings. The van der Waals surface area contributed by atoms with Crippen LogP contribution in [0.4, 0.5) is 0 Å². The van der Waals surface area contributed by atoms with E-state index in [2.05, 4.69) is 41.5 Å². The second-order valence-electron chi connectivity index (χ2n) is 3.98. The van der Waals surface area contributed by atoms with Gasteiger partial charge in [-0.2, -0.15) is 0 Å². The summed E-state index contributed by atoms with van der Waals surface area (Å²) in [5, 5.41) is 0. The molecular formula is C8H23O4P. The van der Waals surface area contributed by atoms with Crippen molar-refractivity contribution in [1.82, 2.24) is 0 Å². The Bertz CT molecular complexity index is 108. The zero-order chi connectivity index (χ0) is 11.7. The van der Waals surface area contributed by atoms with Gasteiger partial charge in [0.25, 0.3) is 0 Å². The molecule has 0 aliphatic rings. The predicted octanol–water partition coefficient (Wildman–Crippen LogP) is 2.40. The molecule has 0 aliphatic heterocycles. The molecule has 0 saturated heterocycles. The molecule has 0 aromatic carbocycles. The molecule has 0 aromatic rings. The minimum atomic E-state index is -4.64. The maximum atomic E-state index is 8.88. The lowest BCUT2D eigenvalue weighted by Crippen LogP contribution is -1.66. The Kier molecular flexibility index (Phi) is 14.7. The first kappa shape index (κ1) is 18.8. The highest BCUT2D eigenvalue weighted by atomic mass is 31.2. The zero-order valence-electron chi connectivity index (χ0n) is 9.35. The van der Waals surface area contributed by atoms with Gasteiger partial charge in [-0.25, -0.2) is 4.57 Å². The van der Waals surface area contributed by atoms with Crippen molar-refractivity contribution < 1.29 is 19.2 Å². The van der Waals surface area contributed by atoms with E-state index in [1.807, 2.05) is 0 Å². The van der Waals surface area contributed by atoms with Crippen LogP contribution < -0.4 is 0 Å². The van der Waals surface area contributed by atoms with Gasteiger partial charge in [0.15, 0.2) is 0 Å². The molecule has 3 N–H and O–H groups in total. The Labute approximate surface area is 81.2 Å². The second kappa shape index (κ2) is 10.2. The summed E-state index contributed by atoms with van der Waals surface area (Å²) in [6.07, 6.45) is 0. The van der Waals surface area contributed by atoms with Crippen molar-refractivity contribution in [3.8, 4) is 0 Å². The van der Waals surface area contributed by atoms with E-state index in [-0.39, 0.29) is 0 Å².